The molecule has 4 heteroatoms. The van der Waals surface area contributed by atoms with E-state index in [1.807, 2.05) is 30.3 Å². The van der Waals surface area contributed by atoms with Gasteiger partial charge in [0, 0.05) is 5.92 Å². The number of carbonyl (C=O) groups is 1. The van der Waals surface area contributed by atoms with Crippen molar-refractivity contribution in [2.24, 2.45) is 5.92 Å². The predicted molar refractivity (Wildman–Crippen MR) is 90.3 cm³/mol. The zero-order valence-electron chi connectivity index (χ0n) is 12.2. The number of nitrogens with one attached hydrogen (secondary N) is 1. The van der Waals surface area contributed by atoms with Crippen LogP contribution < -0.4 is 5.32 Å². The number of carbonyl (C=O) groups excluding carboxylic acids is 1. The van der Waals surface area contributed by atoms with Crippen molar-refractivity contribution < 1.29 is 4.79 Å². The fourth-order valence-electron chi connectivity index (χ4n) is 2.84. The van der Waals surface area contributed by atoms with Crippen LogP contribution in [0.4, 0.5) is 5.13 Å². The third kappa shape index (κ3) is 2.50. The summed E-state index contributed by atoms with van der Waals surface area (Å²) in [7, 11) is 0. The van der Waals surface area contributed by atoms with Crippen molar-refractivity contribution >= 4 is 32.6 Å². The molecule has 1 amide bonds. The van der Waals surface area contributed by atoms with Crippen LogP contribution in [0, 0.1) is 12.8 Å². The Labute approximate surface area is 133 Å². The zero-order valence-corrected chi connectivity index (χ0v) is 13.1. The minimum atomic E-state index is 0.0798. The number of rotatable bonds is 3. The molecule has 0 radical (unpaired) electrons. The molecule has 0 aliphatic heterocycles. The van der Waals surface area contributed by atoms with Gasteiger partial charge in [-0.1, -0.05) is 47.7 Å². The molecule has 4 rings (SSSR count). The van der Waals surface area contributed by atoms with Gasteiger partial charge in [-0.2, -0.15) is 0 Å². The van der Waals surface area contributed by atoms with E-state index in [0.29, 0.717) is 11.0 Å². The van der Waals surface area contributed by atoms with Crippen molar-refractivity contribution in [2.45, 2.75) is 19.3 Å². The largest absolute Gasteiger partial charge is 0.302 e. The molecule has 110 valence electrons. The normalized spacial score (nSPS) is 20.0. The van der Waals surface area contributed by atoms with E-state index in [1.54, 1.807) is 0 Å². The molecule has 0 saturated heterocycles. The highest BCUT2D eigenvalue weighted by Crippen LogP contribution is 2.48. The first-order chi connectivity index (χ1) is 10.7. The van der Waals surface area contributed by atoms with Crippen molar-refractivity contribution in [3.8, 4) is 0 Å². The van der Waals surface area contributed by atoms with Gasteiger partial charge in [-0.25, -0.2) is 4.98 Å². The van der Waals surface area contributed by atoms with Crippen LogP contribution in [-0.2, 0) is 4.79 Å². The molecular formula is C18H16N2OS. The minimum absolute atomic E-state index is 0.0798. The molecule has 2 atom stereocenters. The number of aryl methyl sites for hydroxylation is 1. The highest BCUT2D eigenvalue weighted by Gasteiger charge is 2.44. The molecule has 1 saturated carbocycles. The van der Waals surface area contributed by atoms with E-state index in [2.05, 4.69) is 35.4 Å². The summed E-state index contributed by atoms with van der Waals surface area (Å²) in [6, 6.07) is 16.4. The summed E-state index contributed by atoms with van der Waals surface area (Å²) < 4.78 is 1.12. The van der Waals surface area contributed by atoms with Crippen LogP contribution >= 0.6 is 11.3 Å². The number of benzene rings is 2. The lowest BCUT2D eigenvalue weighted by molar-refractivity contribution is -0.117. The second-order valence-corrected chi connectivity index (χ2v) is 6.87. The van der Waals surface area contributed by atoms with Gasteiger partial charge < -0.3 is 5.32 Å². The molecule has 1 heterocycles. The molecular weight excluding hydrogens is 292 g/mol. The third-order valence-corrected chi connectivity index (χ3v) is 5.06. The molecule has 3 aromatic rings. The van der Waals surface area contributed by atoms with Gasteiger partial charge in [0.25, 0.3) is 0 Å². The van der Waals surface area contributed by atoms with E-state index in [0.717, 1.165) is 16.6 Å². The average molecular weight is 308 g/mol. The van der Waals surface area contributed by atoms with Crippen molar-refractivity contribution in [2.75, 3.05) is 5.32 Å². The summed E-state index contributed by atoms with van der Waals surface area (Å²) in [6.45, 7) is 2.06. The van der Waals surface area contributed by atoms with Gasteiger partial charge in [0.05, 0.1) is 10.2 Å². The van der Waals surface area contributed by atoms with Crippen molar-refractivity contribution in [1.29, 1.82) is 0 Å². The van der Waals surface area contributed by atoms with Gasteiger partial charge in [0.1, 0.15) is 0 Å². The lowest BCUT2D eigenvalue weighted by atomic mass is 10.1. The van der Waals surface area contributed by atoms with E-state index in [1.165, 1.54) is 22.5 Å². The number of amides is 1. The van der Waals surface area contributed by atoms with Gasteiger partial charge in [-0.3, -0.25) is 4.79 Å². The SMILES string of the molecule is Cc1ccc2nc(NC(=O)[C@H]3C[C@@H]3c3ccccc3)sc2c1. The Morgan fingerprint density at radius 1 is 1.23 bits per heavy atom. The van der Waals surface area contributed by atoms with Gasteiger partial charge in [0.15, 0.2) is 5.13 Å². The highest BCUT2D eigenvalue weighted by molar-refractivity contribution is 7.22. The van der Waals surface area contributed by atoms with Crippen LogP contribution in [0.5, 0.6) is 0 Å². The molecule has 1 aliphatic rings. The van der Waals surface area contributed by atoms with Gasteiger partial charge in [0.2, 0.25) is 5.91 Å². The Kier molecular flexibility index (Phi) is 3.19. The Bertz CT molecular complexity index is 841. The molecule has 0 bridgehead atoms. The van der Waals surface area contributed by atoms with Gasteiger partial charge in [-0.05, 0) is 42.5 Å². The standard InChI is InChI=1S/C18H16N2OS/c1-11-7-8-15-16(9-11)22-18(19-15)20-17(21)14-10-13(14)12-5-3-2-4-6-12/h2-9,13-14H,10H2,1H3,(H,19,20,21)/t13-,14+/m1/s1. The summed E-state index contributed by atoms with van der Waals surface area (Å²) in [4.78, 5) is 16.8. The number of hydrogen-bond acceptors (Lipinski definition) is 3. The first-order valence-electron chi connectivity index (χ1n) is 7.44. The average Bonchev–Trinajstić information content (AvgIpc) is 3.23. The second-order valence-electron chi connectivity index (χ2n) is 5.84. The highest BCUT2D eigenvalue weighted by atomic mass is 32.1. The molecule has 0 unspecified atom stereocenters. The molecule has 22 heavy (non-hydrogen) atoms. The quantitative estimate of drug-likeness (QED) is 0.781. The van der Waals surface area contributed by atoms with Crippen LogP contribution in [0.1, 0.15) is 23.5 Å². The van der Waals surface area contributed by atoms with E-state index in [9.17, 15) is 4.79 Å². The lowest BCUT2D eigenvalue weighted by Crippen LogP contribution is -2.14. The molecule has 0 spiro atoms. The number of thiazole rings is 1. The molecule has 1 aliphatic carbocycles. The van der Waals surface area contributed by atoms with Crippen molar-refractivity contribution in [3.63, 3.8) is 0 Å². The van der Waals surface area contributed by atoms with Crippen LogP contribution in [0.15, 0.2) is 48.5 Å². The van der Waals surface area contributed by atoms with Crippen LogP contribution in [0.2, 0.25) is 0 Å². The minimum Gasteiger partial charge on any atom is -0.302 e. The Morgan fingerprint density at radius 3 is 2.86 bits per heavy atom. The maximum Gasteiger partial charge on any atom is 0.229 e. The maximum absolute atomic E-state index is 12.4. The zero-order chi connectivity index (χ0) is 15.1. The summed E-state index contributed by atoms with van der Waals surface area (Å²) in [5, 5.41) is 3.68. The monoisotopic (exact) mass is 308 g/mol. The molecule has 2 aromatic carbocycles. The van der Waals surface area contributed by atoms with Crippen LogP contribution in [-0.4, -0.2) is 10.9 Å². The first kappa shape index (κ1) is 13.5. The Balaban J connectivity index is 1.48. The van der Waals surface area contributed by atoms with E-state index < -0.39 is 0 Å². The summed E-state index contributed by atoms with van der Waals surface area (Å²) in [5.41, 5.74) is 3.41. The smallest absolute Gasteiger partial charge is 0.229 e. The van der Waals surface area contributed by atoms with Crippen molar-refractivity contribution in [1.82, 2.24) is 4.98 Å². The van der Waals surface area contributed by atoms with E-state index in [4.69, 9.17) is 0 Å². The van der Waals surface area contributed by atoms with Crippen LogP contribution in [0.25, 0.3) is 10.2 Å². The van der Waals surface area contributed by atoms with E-state index >= 15 is 0 Å². The molecule has 1 N–H and O–H groups in total. The second kappa shape index (κ2) is 5.21. The number of hydrogen-bond donors (Lipinski definition) is 1. The maximum atomic E-state index is 12.4. The van der Waals surface area contributed by atoms with Gasteiger partial charge in [-0.15, -0.1) is 0 Å². The fraction of sp³-hybridized carbons (Fsp3) is 0.222. The number of nitrogens with zero attached hydrogens (tertiary/aromatic N) is 1. The Hall–Kier alpha value is -2.20. The summed E-state index contributed by atoms with van der Waals surface area (Å²) in [6.07, 6.45) is 0.930. The summed E-state index contributed by atoms with van der Waals surface area (Å²) in [5.74, 6) is 0.526. The molecule has 1 fully saturated rings. The molecule has 3 nitrogen and oxygen atoms in total. The fourth-order valence-corrected chi connectivity index (χ4v) is 3.80. The van der Waals surface area contributed by atoms with Crippen LogP contribution in [0.3, 0.4) is 0 Å². The summed E-state index contributed by atoms with van der Waals surface area (Å²) >= 11 is 1.54. The van der Waals surface area contributed by atoms with Crippen molar-refractivity contribution in [3.05, 3.63) is 59.7 Å². The number of fused-ring (bicyclic) bond motifs is 1. The number of aromatic nitrogens is 1. The molecule has 1 aromatic heterocycles. The third-order valence-electron chi connectivity index (χ3n) is 4.13. The lowest BCUT2D eigenvalue weighted by Gasteiger charge is -2.01. The number of anilines is 1. The van der Waals surface area contributed by atoms with E-state index in [-0.39, 0.29) is 11.8 Å². The van der Waals surface area contributed by atoms with Gasteiger partial charge >= 0.3 is 0 Å². The predicted octanol–water partition coefficient (Wildman–Crippen LogP) is 4.35. The Morgan fingerprint density at radius 2 is 2.05 bits per heavy atom. The topological polar surface area (TPSA) is 42.0 Å². The first-order valence-corrected chi connectivity index (χ1v) is 8.25.